The predicted molar refractivity (Wildman–Crippen MR) is 121 cm³/mol. The van der Waals surface area contributed by atoms with E-state index in [9.17, 15) is 18.9 Å². The van der Waals surface area contributed by atoms with Crippen LogP contribution in [0, 0.1) is 17.7 Å². The molecule has 1 aliphatic carbocycles. The van der Waals surface area contributed by atoms with Gasteiger partial charge in [-0.25, -0.2) is 4.39 Å². The van der Waals surface area contributed by atoms with E-state index in [1.54, 1.807) is 12.1 Å². The first-order valence-corrected chi connectivity index (χ1v) is 12.1. The van der Waals surface area contributed by atoms with E-state index in [1.807, 2.05) is 19.9 Å². The van der Waals surface area contributed by atoms with Crippen LogP contribution in [0.3, 0.4) is 0 Å². The fourth-order valence-corrected chi connectivity index (χ4v) is 4.23. The van der Waals surface area contributed by atoms with Crippen LogP contribution in [-0.2, 0) is 13.9 Å². The van der Waals surface area contributed by atoms with E-state index >= 15 is 0 Å². The third-order valence-electron chi connectivity index (χ3n) is 5.10. The van der Waals surface area contributed by atoms with Crippen LogP contribution in [0.15, 0.2) is 30.3 Å². The maximum absolute atomic E-state index is 13.5. The average molecular weight is 459 g/mol. The van der Waals surface area contributed by atoms with Gasteiger partial charge >= 0.3 is 5.97 Å². The van der Waals surface area contributed by atoms with Crippen molar-refractivity contribution >= 4 is 14.0 Å². The molecule has 1 heterocycles. The molecule has 0 amide bonds. The van der Waals surface area contributed by atoms with Crippen molar-refractivity contribution in [3.05, 3.63) is 53.1 Å². The quantitative estimate of drug-likeness (QED) is 0.421. The minimum absolute atomic E-state index is 0.114. The van der Waals surface area contributed by atoms with E-state index in [0.29, 0.717) is 5.92 Å². The first kappa shape index (κ1) is 24.1. The summed E-state index contributed by atoms with van der Waals surface area (Å²) in [5.74, 6) is 5.04. The molecule has 1 aliphatic rings. The molecular formula is C24H27FNO5P. The number of benzene rings is 1. The zero-order valence-corrected chi connectivity index (χ0v) is 19.1. The molecule has 0 saturated heterocycles. The number of halogens is 1. The molecule has 3 rings (SSSR count). The third kappa shape index (κ3) is 6.74. The zero-order chi connectivity index (χ0) is 23.3. The predicted octanol–water partition coefficient (Wildman–Crippen LogP) is 4.57. The van der Waals surface area contributed by atoms with Gasteiger partial charge in [-0.05, 0) is 42.5 Å². The van der Waals surface area contributed by atoms with Crippen molar-refractivity contribution in [2.45, 2.75) is 51.0 Å². The summed E-state index contributed by atoms with van der Waals surface area (Å²) in [6.07, 6.45) is 0.281. The summed E-state index contributed by atoms with van der Waals surface area (Å²) in [7, 11) is -2.61. The molecule has 32 heavy (non-hydrogen) atoms. The summed E-state index contributed by atoms with van der Waals surface area (Å²) in [6.45, 7) is 3.96. The largest absolute Gasteiger partial charge is 0.481 e. The number of carboxylic acid groups (broad SMARTS) is 1. The number of aliphatic hydroxyl groups is 1. The van der Waals surface area contributed by atoms with Crippen molar-refractivity contribution in [1.29, 1.82) is 0 Å². The molecule has 0 spiro atoms. The minimum atomic E-state index is -2.61. The Morgan fingerprint density at radius 3 is 2.59 bits per heavy atom. The molecule has 0 bridgehead atoms. The van der Waals surface area contributed by atoms with Crippen molar-refractivity contribution in [2.24, 2.45) is 0 Å². The fraction of sp³-hybridized carbons (Fsp3) is 0.417. The molecular weight excluding hydrogens is 432 g/mol. The normalized spacial score (nSPS) is 15.2. The number of aliphatic hydroxyl groups excluding tert-OH is 1. The molecule has 6 nitrogen and oxygen atoms in total. The highest BCUT2D eigenvalue weighted by Crippen LogP contribution is 2.42. The Bertz CT molecular complexity index is 1050. The Hall–Kier alpha value is -2.52. The van der Waals surface area contributed by atoms with Gasteiger partial charge in [-0.15, -0.1) is 0 Å². The molecule has 8 heteroatoms. The second-order valence-electron chi connectivity index (χ2n) is 8.21. The van der Waals surface area contributed by atoms with E-state index < -0.39 is 26.5 Å². The number of nitrogens with zero attached hydrogens (tertiary/aromatic N) is 1. The molecule has 2 unspecified atom stereocenters. The summed E-state index contributed by atoms with van der Waals surface area (Å²) in [5, 5.41) is 18.2. The van der Waals surface area contributed by atoms with E-state index in [4.69, 9.17) is 14.6 Å². The van der Waals surface area contributed by atoms with Crippen LogP contribution in [-0.4, -0.2) is 40.0 Å². The monoisotopic (exact) mass is 459 g/mol. The van der Waals surface area contributed by atoms with Gasteiger partial charge in [-0.1, -0.05) is 37.8 Å². The number of aliphatic carboxylic acids is 1. The lowest BCUT2D eigenvalue weighted by Crippen LogP contribution is -2.15. The highest BCUT2D eigenvalue weighted by Gasteiger charge is 2.27. The van der Waals surface area contributed by atoms with E-state index in [1.165, 1.54) is 12.1 Å². The fourth-order valence-electron chi connectivity index (χ4n) is 3.35. The van der Waals surface area contributed by atoms with Crippen LogP contribution in [0.4, 0.5) is 4.39 Å². The zero-order valence-electron chi connectivity index (χ0n) is 18.1. The summed E-state index contributed by atoms with van der Waals surface area (Å²) < 4.78 is 30.6. The van der Waals surface area contributed by atoms with Crippen molar-refractivity contribution in [3.8, 4) is 23.0 Å². The number of carbonyl (C=O) groups is 1. The Morgan fingerprint density at radius 2 is 2.00 bits per heavy atom. The van der Waals surface area contributed by atoms with Crippen molar-refractivity contribution < 1.29 is 28.5 Å². The summed E-state index contributed by atoms with van der Waals surface area (Å²) >= 11 is 0. The van der Waals surface area contributed by atoms with Crippen LogP contribution in [0.5, 0.6) is 0 Å². The first-order chi connectivity index (χ1) is 15.2. The van der Waals surface area contributed by atoms with Crippen molar-refractivity contribution in [3.63, 3.8) is 0 Å². The van der Waals surface area contributed by atoms with Gasteiger partial charge in [-0.2, -0.15) is 0 Å². The lowest BCUT2D eigenvalue weighted by molar-refractivity contribution is -0.138. The Balaban J connectivity index is 1.84. The maximum Gasteiger partial charge on any atom is 0.305 e. The van der Waals surface area contributed by atoms with E-state index in [0.717, 1.165) is 40.9 Å². The molecule has 1 fully saturated rings. The van der Waals surface area contributed by atoms with Crippen LogP contribution in [0.25, 0.3) is 11.1 Å². The Morgan fingerprint density at radius 1 is 1.31 bits per heavy atom. The summed E-state index contributed by atoms with van der Waals surface area (Å²) in [5.41, 5.74) is 4.32. The van der Waals surface area contributed by atoms with Crippen molar-refractivity contribution in [2.75, 3.05) is 12.8 Å². The second kappa shape index (κ2) is 10.9. The van der Waals surface area contributed by atoms with Crippen LogP contribution < -0.4 is 0 Å². The molecule has 0 aliphatic heterocycles. The van der Waals surface area contributed by atoms with E-state index in [2.05, 4.69) is 11.8 Å². The van der Waals surface area contributed by atoms with Crippen LogP contribution in [0.2, 0.25) is 0 Å². The molecule has 1 aromatic heterocycles. The third-order valence-corrected chi connectivity index (χ3v) is 6.37. The summed E-state index contributed by atoms with van der Waals surface area (Å²) in [4.78, 5) is 15.4. The van der Waals surface area contributed by atoms with Crippen LogP contribution in [0.1, 0.15) is 61.9 Å². The first-order valence-electron chi connectivity index (χ1n) is 10.6. The Labute approximate surface area is 187 Å². The van der Waals surface area contributed by atoms with Gasteiger partial charge in [0.25, 0.3) is 0 Å². The number of aromatic nitrogens is 1. The van der Waals surface area contributed by atoms with Gasteiger partial charge in [0.1, 0.15) is 12.4 Å². The highest BCUT2D eigenvalue weighted by atomic mass is 31.1. The maximum atomic E-state index is 13.5. The van der Waals surface area contributed by atoms with Crippen LogP contribution >= 0.6 is 8.03 Å². The molecule has 1 saturated carbocycles. The average Bonchev–Trinajstić information content (AvgIpc) is 3.56. The van der Waals surface area contributed by atoms with Crippen molar-refractivity contribution in [1.82, 2.24) is 4.98 Å². The van der Waals surface area contributed by atoms with Gasteiger partial charge in [0, 0.05) is 23.3 Å². The van der Waals surface area contributed by atoms with E-state index in [-0.39, 0.29) is 24.5 Å². The highest BCUT2D eigenvalue weighted by molar-refractivity contribution is 7.39. The number of hydrogen-bond acceptors (Lipinski definition) is 5. The molecule has 1 aromatic carbocycles. The smallest absolute Gasteiger partial charge is 0.305 e. The lowest BCUT2D eigenvalue weighted by Gasteiger charge is -2.15. The van der Waals surface area contributed by atoms with Gasteiger partial charge in [0.05, 0.1) is 23.8 Å². The Kier molecular flexibility index (Phi) is 8.20. The molecule has 2 aromatic rings. The number of pyridine rings is 1. The standard InChI is InChI=1S/C24H27FNO5P/c1-15(2)24-20(4-3-11-31-32(30)14-19(27)12-23(28)29)21(13-22(26-24)17-5-6-17)16-7-9-18(25)10-8-16/h7-10,13,15,17,19,27,32H,5-6,11-12,14H2,1-2H3,(H,28,29). The molecule has 170 valence electrons. The molecule has 0 radical (unpaired) electrons. The lowest BCUT2D eigenvalue weighted by atomic mass is 9.93. The second-order valence-corrected chi connectivity index (χ2v) is 9.65. The topological polar surface area (TPSA) is 96.7 Å². The number of hydrogen-bond donors (Lipinski definition) is 2. The van der Waals surface area contributed by atoms with Gasteiger partial charge in [-0.3, -0.25) is 14.3 Å². The molecule has 2 atom stereocenters. The minimum Gasteiger partial charge on any atom is -0.481 e. The van der Waals surface area contributed by atoms with Gasteiger partial charge in [0.2, 0.25) is 0 Å². The number of rotatable bonds is 9. The molecule has 2 N–H and O–H groups in total. The summed E-state index contributed by atoms with van der Waals surface area (Å²) in [6, 6.07) is 8.28. The number of carboxylic acids is 1. The van der Waals surface area contributed by atoms with Gasteiger partial charge < -0.3 is 14.7 Å². The van der Waals surface area contributed by atoms with Gasteiger partial charge in [0.15, 0.2) is 8.03 Å². The SMILES string of the molecule is CC(C)c1nc(C2CC2)cc(-c2ccc(F)cc2)c1C#CCO[PH](=O)CC(O)CC(=O)O.